The van der Waals surface area contributed by atoms with Crippen LogP contribution in [0.25, 0.3) is 0 Å². The van der Waals surface area contributed by atoms with Gasteiger partial charge in [-0.2, -0.15) is 0 Å². The van der Waals surface area contributed by atoms with Crippen LogP contribution < -0.4 is 19.9 Å². The van der Waals surface area contributed by atoms with Crippen LogP contribution in [0.1, 0.15) is 62.6 Å². The highest BCUT2D eigenvalue weighted by Crippen LogP contribution is 2.54. The van der Waals surface area contributed by atoms with Crippen LogP contribution in [0.15, 0.2) is 6.07 Å². The number of phenols is 1. The molecule has 2 unspecified atom stereocenters. The first kappa shape index (κ1) is 23.6. The van der Waals surface area contributed by atoms with Crippen molar-refractivity contribution in [3.05, 3.63) is 39.4 Å². The molecule has 0 bridgehead atoms. The molecule has 32 heavy (non-hydrogen) atoms. The maximum atomic E-state index is 13.1. The van der Waals surface area contributed by atoms with Gasteiger partial charge in [-0.05, 0) is 38.3 Å². The highest BCUT2D eigenvalue weighted by molar-refractivity contribution is 6.02. The molecule has 2 aliphatic heterocycles. The number of aryl methyl sites for hydroxylation is 1. The number of carbonyl (C=O) groups excluding carboxylic acids is 2. The molecule has 0 aliphatic carbocycles. The monoisotopic (exact) mass is 465 g/mol. The van der Waals surface area contributed by atoms with Crippen LogP contribution in [0.5, 0.6) is 28.7 Å². The maximum Gasteiger partial charge on any atom is 0.347 e. The smallest absolute Gasteiger partial charge is 0.347 e. The normalized spacial score (nSPS) is 17.0. The van der Waals surface area contributed by atoms with Crippen molar-refractivity contribution in [2.24, 2.45) is 5.73 Å². The number of benzene rings is 2. The van der Waals surface area contributed by atoms with E-state index in [4.69, 9.17) is 24.7 Å². The molecule has 2 heterocycles. The maximum absolute atomic E-state index is 13.1. The summed E-state index contributed by atoms with van der Waals surface area (Å²) in [4.78, 5) is 25.3. The number of methoxy groups -OCH3 is 1. The van der Waals surface area contributed by atoms with Crippen molar-refractivity contribution in [1.29, 1.82) is 0 Å². The largest absolute Gasteiger partial charge is 0.507 e. The van der Waals surface area contributed by atoms with E-state index in [-0.39, 0.29) is 58.0 Å². The third-order valence-electron chi connectivity index (χ3n) is 5.68. The average molecular weight is 466 g/mol. The standard InChI is InChI=1S/C22H23NO8.ClH/c1-5-10(23)7-11-12(28-4)6-8(2)13-18(11)29-19-15-14(21(26)31-22(15)27)16(24)9(3)17(19)30-20(13)25;/h6,10,22,24,27H,5,7,23H2,1-4H3;1H. The van der Waals surface area contributed by atoms with E-state index < -0.39 is 24.0 Å². The molecule has 4 N–H and O–H groups in total. The Morgan fingerprint density at radius 3 is 2.44 bits per heavy atom. The van der Waals surface area contributed by atoms with Gasteiger partial charge in [0, 0.05) is 17.2 Å². The predicted molar refractivity (Wildman–Crippen MR) is 115 cm³/mol. The average Bonchev–Trinajstić information content (AvgIpc) is 2.93. The second-order valence-corrected chi connectivity index (χ2v) is 7.62. The zero-order valence-electron chi connectivity index (χ0n) is 18.0. The Labute approximate surface area is 190 Å². The molecule has 0 fully saturated rings. The second kappa shape index (κ2) is 8.50. The number of halogens is 1. The summed E-state index contributed by atoms with van der Waals surface area (Å²) >= 11 is 0. The fourth-order valence-electron chi connectivity index (χ4n) is 3.91. The van der Waals surface area contributed by atoms with Gasteiger partial charge in [-0.1, -0.05) is 6.92 Å². The number of aliphatic hydroxyl groups excluding tert-OH is 1. The number of ether oxygens (including phenoxy) is 4. The van der Waals surface area contributed by atoms with Crippen LogP contribution in [0.4, 0.5) is 0 Å². The fraction of sp³-hybridized carbons (Fsp3) is 0.364. The summed E-state index contributed by atoms with van der Waals surface area (Å²) in [6.07, 6.45) is -0.658. The summed E-state index contributed by atoms with van der Waals surface area (Å²) in [5, 5.41) is 20.8. The Morgan fingerprint density at radius 1 is 1.12 bits per heavy atom. The van der Waals surface area contributed by atoms with Gasteiger partial charge in [-0.25, -0.2) is 9.59 Å². The summed E-state index contributed by atoms with van der Waals surface area (Å²) in [7, 11) is 1.50. The number of hydrogen-bond acceptors (Lipinski definition) is 9. The van der Waals surface area contributed by atoms with E-state index in [2.05, 4.69) is 0 Å². The van der Waals surface area contributed by atoms with Gasteiger partial charge in [0.05, 0.1) is 12.7 Å². The molecule has 0 saturated carbocycles. The summed E-state index contributed by atoms with van der Waals surface area (Å²) in [6, 6.07) is 1.47. The number of phenolic OH excluding ortho intramolecular Hbond substituents is 1. The first-order valence-electron chi connectivity index (χ1n) is 9.84. The lowest BCUT2D eigenvalue weighted by Gasteiger charge is -2.20. The molecule has 2 aromatic carbocycles. The van der Waals surface area contributed by atoms with Gasteiger partial charge in [0.25, 0.3) is 0 Å². The molecule has 9 nitrogen and oxygen atoms in total. The molecule has 0 aromatic heterocycles. The van der Waals surface area contributed by atoms with E-state index in [1.165, 1.54) is 14.0 Å². The molecule has 2 aliphatic rings. The first-order chi connectivity index (χ1) is 14.7. The minimum atomic E-state index is -1.68. The second-order valence-electron chi connectivity index (χ2n) is 7.62. The highest BCUT2D eigenvalue weighted by Gasteiger charge is 2.42. The Balaban J connectivity index is 0.00000289. The van der Waals surface area contributed by atoms with Gasteiger partial charge < -0.3 is 34.9 Å². The van der Waals surface area contributed by atoms with Crippen LogP contribution >= 0.6 is 12.4 Å². The van der Waals surface area contributed by atoms with E-state index in [0.29, 0.717) is 29.7 Å². The summed E-state index contributed by atoms with van der Waals surface area (Å²) in [5.41, 5.74) is 7.23. The van der Waals surface area contributed by atoms with Crippen LogP contribution in [0, 0.1) is 13.8 Å². The molecule has 0 amide bonds. The number of aliphatic hydroxyl groups is 1. The zero-order chi connectivity index (χ0) is 22.6. The number of aromatic hydroxyl groups is 1. The number of fused-ring (bicyclic) bond motifs is 4. The molecule has 0 spiro atoms. The number of cyclic esters (lactones) is 1. The van der Waals surface area contributed by atoms with E-state index in [1.807, 2.05) is 6.92 Å². The Morgan fingerprint density at radius 2 is 1.81 bits per heavy atom. The summed E-state index contributed by atoms with van der Waals surface area (Å²) < 4.78 is 22.1. The van der Waals surface area contributed by atoms with Gasteiger partial charge in [-0.3, -0.25) is 0 Å². The van der Waals surface area contributed by atoms with Crippen LogP contribution in [0.2, 0.25) is 0 Å². The van der Waals surface area contributed by atoms with Crippen molar-refractivity contribution in [3.8, 4) is 28.7 Å². The Kier molecular flexibility index (Phi) is 6.28. The number of nitrogens with two attached hydrogens (primary N) is 1. The molecule has 0 saturated heterocycles. The van der Waals surface area contributed by atoms with E-state index in [9.17, 15) is 19.8 Å². The molecule has 4 rings (SSSR count). The van der Waals surface area contributed by atoms with Crippen molar-refractivity contribution in [2.45, 2.75) is 45.9 Å². The van der Waals surface area contributed by atoms with Crippen molar-refractivity contribution in [3.63, 3.8) is 0 Å². The van der Waals surface area contributed by atoms with Gasteiger partial charge >= 0.3 is 11.9 Å². The lowest BCUT2D eigenvalue weighted by atomic mass is 9.96. The van der Waals surface area contributed by atoms with Crippen LogP contribution in [-0.4, -0.2) is 35.3 Å². The van der Waals surface area contributed by atoms with Crippen molar-refractivity contribution in [2.75, 3.05) is 7.11 Å². The quantitative estimate of drug-likeness (QED) is 0.459. The van der Waals surface area contributed by atoms with E-state index >= 15 is 0 Å². The van der Waals surface area contributed by atoms with Gasteiger partial charge in [0.1, 0.15) is 28.4 Å². The van der Waals surface area contributed by atoms with Gasteiger partial charge in [-0.15, -0.1) is 12.4 Å². The Bertz CT molecular complexity index is 1130. The SMILES string of the molecule is CCC(N)Cc1c(OC)cc(C)c2c1Oc1c(c(C)c(O)c3c1C(O)OC3=O)OC2=O.Cl. The topological polar surface area (TPSA) is 138 Å². The van der Waals surface area contributed by atoms with Crippen molar-refractivity contribution < 1.29 is 38.7 Å². The number of hydrogen-bond donors (Lipinski definition) is 3. The van der Waals surface area contributed by atoms with E-state index in [1.54, 1.807) is 13.0 Å². The fourth-order valence-corrected chi connectivity index (χ4v) is 3.91. The van der Waals surface area contributed by atoms with Gasteiger partial charge in [0.2, 0.25) is 6.29 Å². The number of rotatable bonds is 4. The zero-order valence-corrected chi connectivity index (χ0v) is 18.8. The lowest BCUT2D eigenvalue weighted by molar-refractivity contribution is -0.0555. The summed E-state index contributed by atoms with van der Waals surface area (Å²) in [5.74, 6) is -1.57. The highest BCUT2D eigenvalue weighted by atomic mass is 35.5. The lowest BCUT2D eigenvalue weighted by Crippen LogP contribution is -2.22. The van der Waals surface area contributed by atoms with Crippen LogP contribution in [0.3, 0.4) is 0 Å². The molecule has 10 heteroatoms. The molecule has 0 radical (unpaired) electrons. The van der Waals surface area contributed by atoms with Crippen LogP contribution in [-0.2, 0) is 11.2 Å². The Hall–Kier alpha value is -3.01. The number of esters is 2. The molecular formula is C22H24ClNO8. The van der Waals surface area contributed by atoms with E-state index in [0.717, 1.165) is 0 Å². The molecular weight excluding hydrogens is 442 g/mol. The van der Waals surface area contributed by atoms with Crippen molar-refractivity contribution in [1.82, 2.24) is 0 Å². The molecule has 2 aromatic rings. The first-order valence-corrected chi connectivity index (χ1v) is 9.84. The number of carbonyl (C=O) groups is 2. The third-order valence-corrected chi connectivity index (χ3v) is 5.68. The van der Waals surface area contributed by atoms with Gasteiger partial charge in [0.15, 0.2) is 11.5 Å². The summed E-state index contributed by atoms with van der Waals surface area (Å²) in [6.45, 7) is 5.12. The molecule has 2 atom stereocenters. The molecule has 172 valence electrons. The predicted octanol–water partition coefficient (Wildman–Crippen LogP) is 3.21. The minimum Gasteiger partial charge on any atom is -0.507 e. The minimum absolute atomic E-state index is 0. The third kappa shape index (κ3) is 3.42. The van der Waals surface area contributed by atoms with Crippen molar-refractivity contribution >= 4 is 24.3 Å².